The van der Waals surface area contributed by atoms with Gasteiger partial charge in [-0.2, -0.15) is 0 Å². The Balaban J connectivity index is 2.18. The second kappa shape index (κ2) is 6.46. The highest BCUT2D eigenvalue weighted by Crippen LogP contribution is 2.29. The van der Waals surface area contributed by atoms with Crippen molar-refractivity contribution in [3.05, 3.63) is 50.4 Å². The standard InChI is InChI=1S/C13H12BrCl2N3/c1-17-12-10(15)6-11(16)13(19-12)18-7-8-4-2-3-5-9(8)14/h2-6H,7H2,1H3,(H2,17,18,19). The van der Waals surface area contributed by atoms with Crippen LogP contribution in [0.1, 0.15) is 5.56 Å². The summed E-state index contributed by atoms with van der Waals surface area (Å²) in [6.45, 7) is 0.624. The number of benzene rings is 1. The molecule has 19 heavy (non-hydrogen) atoms. The van der Waals surface area contributed by atoms with Crippen molar-refractivity contribution in [3.8, 4) is 0 Å². The molecule has 2 aromatic rings. The van der Waals surface area contributed by atoms with Gasteiger partial charge in [0.25, 0.3) is 0 Å². The van der Waals surface area contributed by atoms with Crippen LogP contribution in [0.4, 0.5) is 11.6 Å². The Labute approximate surface area is 130 Å². The molecule has 2 N–H and O–H groups in total. The highest BCUT2D eigenvalue weighted by atomic mass is 79.9. The van der Waals surface area contributed by atoms with Gasteiger partial charge in [-0.25, -0.2) is 4.98 Å². The molecule has 0 radical (unpaired) electrons. The van der Waals surface area contributed by atoms with Gasteiger partial charge in [0, 0.05) is 18.1 Å². The third-order valence-corrected chi connectivity index (χ3v) is 3.92. The van der Waals surface area contributed by atoms with E-state index in [4.69, 9.17) is 23.2 Å². The van der Waals surface area contributed by atoms with E-state index in [-0.39, 0.29) is 0 Å². The molecule has 0 saturated carbocycles. The molecular formula is C13H12BrCl2N3. The van der Waals surface area contributed by atoms with Gasteiger partial charge in [0.1, 0.15) is 11.6 Å². The first-order valence-corrected chi connectivity index (χ1v) is 7.17. The Hall–Kier alpha value is -0.970. The molecule has 1 aromatic heterocycles. The van der Waals surface area contributed by atoms with E-state index in [0.717, 1.165) is 10.0 Å². The van der Waals surface area contributed by atoms with Crippen molar-refractivity contribution in [2.24, 2.45) is 0 Å². The molecule has 0 aliphatic heterocycles. The van der Waals surface area contributed by atoms with Gasteiger partial charge >= 0.3 is 0 Å². The Morgan fingerprint density at radius 3 is 2.53 bits per heavy atom. The average Bonchev–Trinajstić information content (AvgIpc) is 2.39. The third kappa shape index (κ3) is 3.53. The van der Waals surface area contributed by atoms with E-state index in [1.165, 1.54) is 0 Å². The van der Waals surface area contributed by atoms with Crippen LogP contribution in [0.2, 0.25) is 10.0 Å². The molecule has 100 valence electrons. The Morgan fingerprint density at radius 1 is 1.16 bits per heavy atom. The second-order valence-corrected chi connectivity index (χ2v) is 5.51. The molecule has 6 heteroatoms. The average molecular weight is 361 g/mol. The lowest BCUT2D eigenvalue weighted by Gasteiger charge is -2.11. The van der Waals surface area contributed by atoms with Gasteiger partial charge in [-0.15, -0.1) is 0 Å². The second-order valence-electron chi connectivity index (χ2n) is 3.84. The summed E-state index contributed by atoms with van der Waals surface area (Å²) < 4.78 is 1.04. The van der Waals surface area contributed by atoms with Crippen LogP contribution in [-0.4, -0.2) is 12.0 Å². The lowest BCUT2D eigenvalue weighted by Crippen LogP contribution is -2.04. The lowest BCUT2D eigenvalue weighted by atomic mass is 10.2. The van der Waals surface area contributed by atoms with Crippen molar-refractivity contribution in [3.63, 3.8) is 0 Å². The highest BCUT2D eigenvalue weighted by Gasteiger charge is 2.08. The predicted molar refractivity (Wildman–Crippen MR) is 85.3 cm³/mol. The van der Waals surface area contributed by atoms with Gasteiger partial charge in [0.05, 0.1) is 10.0 Å². The summed E-state index contributed by atoms with van der Waals surface area (Å²) in [7, 11) is 1.76. The van der Waals surface area contributed by atoms with Crippen LogP contribution in [0.5, 0.6) is 0 Å². The van der Waals surface area contributed by atoms with Crippen molar-refractivity contribution >= 4 is 50.8 Å². The number of anilines is 2. The van der Waals surface area contributed by atoms with Crippen LogP contribution < -0.4 is 10.6 Å². The molecule has 0 bridgehead atoms. The van der Waals surface area contributed by atoms with Crippen LogP contribution in [0.3, 0.4) is 0 Å². The van der Waals surface area contributed by atoms with E-state index < -0.39 is 0 Å². The Bertz CT molecular complexity index is 590. The van der Waals surface area contributed by atoms with Crippen molar-refractivity contribution in [1.82, 2.24) is 4.98 Å². The molecule has 0 unspecified atom stereocenters. The minimum Gasteiger partial charge on any atom is -0.372 e. The molecule has 0 saturated heterocycles. The summed E-state index contributed by atoms with van der Waals surface area (Å²) in [6.07, 6.45) is 0. The maximum absolute atomic E-state index is 6.12. The molecule has 0 spiro atoms. The Morgan fingerprint density at radius 2 is 1.84 bits per heavy atom. The van der Waals surface area contributed by atoms with Gasteiger partial charge < -0.3 is 10.6 Å². The van der Waals surface area contributed by atoms with Crippen molar-refractivity contribution in [2.45, 2.75) is 6.54 Å². The Kier molecular flexibility index (Phi) is 4.91. The van der Waals surface area contributed by atoms with Crippen LogP contribution >= 0.6 is 39.1 Å². The molecule has 1 aromatic carbocycles. The summed E-state index contributed by atoms with van der Waals surface area (Å²) in [6, 6.07) is 9.65. The van der Waals surface area contributed by atoms with Gasteiger partial charge in [-0.3, -0.25) is 0 Å². The summed E-state index contributed by atoms with van der Waals surface area (Å²) in [5.74, 6) is 1.20. The van der Waals surface area contributed by atoms with Crippen LogP contribution in [-0.2, 0) is 6.54 Å². The number of hydrogen-bond acceptors (Lipinski definition) is 3. The van der Waals surface area contributed by atoms with E-state index in [0.29, 0.717) is 28.2 Å². The molecule has 2 rings (SSSR count). The molecular weight excluding hydrogens is 349 g/mol. The summed E-state index contributed by atoms with van der Waals surface area (Å²) >= 11 is 15.6. The molecule has 0 aliphatic carbocycles. The quantitative estimate of drug-likeness (QED) is 0.821. The zero-order chi connectivity index (χ0) is 13.8. The first-order chi connectivity index (χ1) is 9.11. The predicted octanol–water partition coefficient (Wildman–Crippen LogP) is 4.80. The number of halogens is 3. The minimum absolute atomic E-state index is 0.496. The largest absolute Gasteiger partial charge is 0.372 e. The fourth-order valence-electron chi connectivity index (χ4n) is 1.59. The zero-order valence-electron chi connectivity index (χ0n) is 10.2. The summed E-state index contributed by atoms with van der Waals surface area (Å²) in [5.41, 5.74) is 1.13. The van der Waals surface area contributed by atoms with Crippen LogP contribution in [0.15, 0.2) is 34.8 Å². The summed E-state index contributed by atoms with van der Waals surface area (Å²) in [4.78, 5) is 4.33. The fraction of sp³-hybridized carbons (Fsp3) is 0.154. The number of nitrogens with zero attached hydrogens (tertiary/aromatic N) is 1. The molecule has 0 fully saturated rings. The molecule has 0 atom stereocenters. The lowest BCUT2D eigenvalue weighted by molar-refractivity contribution is 1.10. The highest BCUT2D eigenvalue weighted by molar-refractivity contribution is 9.10. The van der Waals surface area contributed by atoms with E-state index in [1.54, 1.807) is 13.1 Å². The van der Waals surface area contributed by atoms with E-state index in [2.05, 4.69) is 31.5 Å². The van der Waals surface area contributed by atoms with Crippen LogP contribution in [0, 0.1) is 0 Å². The van der Waals surface area contributed by atoms with E-state index in [9.17, 15) is 0 Å². The maximum Gasteiger partial charge on any atom is 0.147 e. The normalized spacial score (nSPS) is 10.3. The van der Waals surface area contributed by atoms with Crippen molar-refractivity contribution in [2.75, 3.05) is 17.7 Å². The van der Waals surface area contributed by atoms with Gasteiger partial charge in [-0.1, -0.05) is 57.3 Å². The van der Waals surface area contributed by atoms with E-state index in [1.807, 2.05) is 24.3 Å². The topological polar surface area (TPSA) is 37.0 Å². The number of hydrogen-bond donors (Lipinski definition) is 2. The SMILES string of the molecule is CNc1nc(NCc2ccccc2Br)c(Cl)cc1Cl. The fourth-order valence-corrected chi connectivity index (χ4v) is 2.53. The number of pyridine rings is 1. The van der Waals surface area contributed by atoms with Gasteiger partial charge in [0.2, 0.25) is 0 Å². The monoisotopic (exact) mass is 359 g/mol. The number of nitrogens with one attached hydrogen (secondary N) is 2. The first kappa shape index (κ1) is 14.4. The molecule has 3 nitrogen and oxygen atoms in total. The molecule has 0 aliphatic rings. The van der Waals surface area contributed by atoms with Crippen LogP contribution in [0.25, 0.3) is 0 Å². The van der Waals surface area contributed by atoms with Gasteiger partial charge in [-0.05, 0) is 17.7 Å². The van der Waals surface area contributed by atoms with Crippen molar-refractivity contribution in [1.29, 1.82) is 0 Å². The summed E-state index contributed by atoms with van der Waals surface area (Å²) in [5, 5.41) is 7.12. The minimum atomic E-state index is 0.496. The smallest absolute Gasteiger partial charge is 0.147 e. The zero-order valence-corrected chi connectivity index (χ0v) is 13.3. The third-order valence-electron chi connectivity index (χ3n) is 2.57. The number of aromatic nitrogens is 1. The first-order valence-electron chi connectivity index (χ1n) is 5.63. The maximum atomic E-state index is 6.12. The molecule has 0 amide bonds. The van der Waals surface area contributed by atoms with E-state index >= 15 is 0 Å². The number of rotatable bonds is 4. The van der Waals surface area contributed by atoms with Gasteiger partial charge in [0.15, 0.2) is 0 Å². The molecule has 1 heterocycles. The van der Waals surface area contributed by atoms with Crippen molar-refractivity contribution < 1.29 is 0 Å².